The highest BCUT2D eigenvalue weighted by atomic mass is 35.5. The number of hydrogen-bond acceptors (Lipinski definition) is 3. The SMILES string of the molecule is CCN1CCOC(C(NC)c2ccc(C)c(Cl)c2)C1. The Morgan fingerprint density at radius 3 is 2.95 bits per heavy atom. The van der Waals surface area contributed by atoms with Crippen LogP contribution in [-0.2, 0) is 4.74 Å². The Morgan fingerprint density at radius 2 is 2.32 bits per heavy atom. The Labute approximate surface area is 120 Å². The van der Waals surface area contributed by atoms with Crippen molar-refractivity contribution in [2.24, 2.45) is 0 Å². The summed E-state index contributed by atoms with van der Waals surface area (Å²) in [5, 5.41) is 4.19. The Balaban J connectivity index is 2.16. The third-order valence-electron chi connectivity index (χ3n) is 3.86. The van der Waals surface area contributed by atoms with E-state index in [9.17, 15) is 0 Å². The fourth-order valence-electron chi connectivity index (χ4n) is 2.59. The summed E-state index contributed by atoms with van der Waals surface area (Å²) in [5.41, 5.74) is 2.31. The van der Waals surface area contributed by atoms with E-state index in [1.165, 1.54) is 5.56 Å². The first-order valence-corrected chi connectivity index (χ1v) is 7.30. The van der Waals surface area contributed by atoms with Crippen molar-refractivity contribution >= 4 is 11.6 Å². The van der Waals surface area contributed by atoms with Gasteiger partial charge < -0.3 is 10.1 Å². The second kappa shape index (κ2) is 6.71. The van der Waals surface area contributed by atoms with Crippen LogP contribution in [0.15, 0.2) is 18.2 Å². The van der Waals surface area contributed by atoms with Crippen molar-refractivity contribution in [3.05, 3.63) is 34.3 Å². The van der Waals surface area contributed by atoms with Gasteiger partial charge in [0.1, 0.15) is 0 Å². The molecule has 1 aromatic rings. The molecule has 1 aliphatic rings. The lowest BCUT2D eigenvalue weighted by atomic mass is 9.99. The summed E-state index contributed by atoms with van der Waals surface area (Å²) in [6, 6.07) is 6.44. The van der Waals surface area contributed by atoms with Gasteiger partial charge in [0.2, 0.25) is 0 Å². The van der Waals surface area contributed by atoms with Gasteiger partial charge in [0.15, 0.2) is 0 Å². The minimum absolute atomic E-state index is 0.178. The first kappa shape index (κ1) is 14.8. The molecule has 1 N–H and O–H groups in total. The summed E-state index contributed by atoms with van der Waals surface area (Å²) in [4.78, 5) is 2.42. The van der Waals surface area contributed by atoms with E-state index in [4.69, 9.17) is 16.3 Å². The molecular formula is C15H23ClN2O. The van der Waals surface area contributed by atoms with Crippen LogP contribution in [0.25, 0.3) is 0 Å². The molecule has 3 nitrogen and oxygen atoms in total. The number of ether oxygens (including phenoxy) is 1. The molecule has 19 heavy (non-hydrogen) atoms. The van der Waals surface area contributed by atoms with E-state index in [0.29, 0.717) is 0 Å². The zero-order valence-electron chi connectivity index (χ0n) is 11.9. The van der Waals surface area contributed by atoms with Crippen LogP contribution in [0.4, 0.5) is 0 Å². The van der Waals surface area contributed by atoms with Gasteiger partial charge in [-0.2, -0.15) is 0 Å². The largest absolute Gasteiger partial charge is 0.374 e. The molecule has 1 fully saturated rings. The first-order valence-electron chi connectivity index (χ1n) is 6.93. The number of aryl methyl sites for hydroxylation is 1. The standard InChI is InChI=1S/C15H23ClN2O/c1-4-18-7-8-19-14(10-18)15(17-3)12-6-5-11(2)13(16)9-12/h5-6,9,14-15,17H,4,7-8,10H2,1-3H3. The fourth-order valence-corrected chi connectivity index (χ4v) is 2.78. The third kappa shape index (κ3) is 3.48. The zero-order chi connectivity index (χ0) is 13.8. The summed E-state index contributed by atoms with van der Waals surface area (Å²) in [5.74, 6) is 0. The smallest absolute Gasteiger partial charge is 0.0896 e. The van der Waals surface area contributed by atoms with Crippen molar-refractivity contribution in [1.29, 1.82) is 0 Å². The highest BCUT2D eigenvalue weighted by Gasteiger charge is 2.27. The van der Waals surface area contributed by atoms with Crippen molar-refractivity contribution in [3.63, 3.8) is 0 Å². The molecule has 106 valence electrons. The average Bonchev–Trinajstić information content (AvgIpc) is 2.44. The Bertz CT molecular complexity index is 425. The minimum atomic E-state index is 0.178. The third-order valence-corrected chi connectivity index (χ3v) is 4.27. The molecule has 0 aromatic heterocycles. The molecule has 1 heterocycles. The number of likely N-dealkylation sites (N-methyl/N-ethyl adjacent to an activating group) is 2. The van der Waals surface area contributed by atoms with E-state index in [1.807, 2.05) is 20.0 Å². The molecule has 2 rings (SSSR count). The normalized spacial score (nSPS) is 22.4. The monoisotopic (exact) mass is 282 g/mol. The molecule has 2 atom stereocenters. The van der Waals surface area contributed by atoms with Gasteiger partial charge in [-0.15, -0.1) is 0 Å². The van der Waals surface area contributed by atoms with Gasteiger partial charge in [-0.3, -0.25) is 4.90 Å². The van der Waals surface area contributed by atoms with Gasteiger partial charge in [0.05, 0.1) is 18.8 Å². The van der Waals surface area contributed by atoms with Crippen molar-refractivity contribution in [1.82, 2.24) is 10.2 Å². The Hall–Kier alpha value is -0.610. The lowest BCUT2D eigenvalue weighted by Crippen LogP contribution is -2.47. The Kier molecular flexibility index (Phi) is 5.22. The van der Waals surface area contributed by atoms with Gasteiger partial charge in [-0.1, -0.05) is 30.7 Å². The first-order chi connectivity index (χ1) is 9.15. The Morgan fingerprint density at radius 1 is 1.53 bits per heavy atom. The number of rotatable bonds is 4. The van der Waals surface area contributed by atoms with Gasteiger partial charge in [-0.25, -0.2) is 0 Å². The summed E-state index contributed by atoms with van der Waals surface area (Å²) < 4.78 is 5.94. The quantitative estimate of drug-likeness (QED) is 0.919. The fraction of sp³-hybridized carbons (Fsp3) is 0.600. The van der Waals surface area contributed by atoms with E-state index >= 15 is 0 Å². The molecule has 0 aliphatic carbocycles. The van der Waals surface area contributed by atoms with E-state index < -0.39 is 0 Å². The number of benzene rings is 1. The summed E-state index contributed by atoms with van der Waals surface area (Å²) in [7, 11) is 1.98. The van der Waals surface area contributed by atoms with Gasteiger partial charge in [0.25, 0.3) is 0 Å². The molecule has 4 heteroatoms. The van der Waals surface area contributed by atoms with E-state index in [0.717, 1.165) is 36.8 Å². The average molecular weight is 283 g/mol. The van der Waals surface area contributed by atoms with Gasteiger partial charge in [-0.05, 0) is 37.7 Å². The maximum Gasteiger partial charge on any atom is 0.0896 e. The van der Waals surface area contributed by atoms with Crippen molar-refractivity contribution in [2.45, 2.75) is 26.0 Å². The van der Waals surface area contributed by atoms with E-state index in [1.54, 1.807) is 0 Å². The number of nitrogens with zero attached hydrogens (tertiary/aromatic N) is 1. The molecule has 1 aromatic carbocycles. The number of morpholine rings is 1. The molecule has 2 unspecified atom stereocenters. The van der Waals surface area contributed by atoms with E-state index in [-0.39, 0.29) is 12.1 Å². The lowest BCUT2D eigenvalue weighted by molar-refractivity contribution is -0.0444. The summed E-state index contributed by atoms with van der Waals surface area (Å²) in [6.45, 7) is 8.09. The highest BCUT2D eigenvalue weighted by Crippen LogP contribution is 2.26. The van der Waals surface area contributed by atoms with Crippen LogP contribution >= 0.6 is 11.6 Å². The highest BCUT2D eigenvalue weighted by molar-refractivity contribution is 6.31. The van der Waals surface area contributed by atoms with Crippen LogP contribution in [0, 0.1) is 6.92 Å². The van der Waals surface area contributed by atoms with Crippen molar-refractivity contribution < 1.29 is 4.74 Å². The molecule has 0 bridgehead atoms. The van der Waals surface area contributed by atoms with Gasteiger partial charge >= 0.3 is 0 Å². The molecule has 1 aliphatic heterocycles. The predicted molar refractivity (Wildman–Crippen MR) is 79.8 cm³/mol. The van der Waals surface area contributed by atoms with Gasteiger partial charge in [0, 0.05) is 18.1 Å². The number of halogens is 1. The topological polar surface area (TPSA) is 24.5 Å². The van der Waals surface area contributed by atoms with Crippen molar-refractivity contribution in [2.75, 3.05) is 33.3 Å². The van der Waals surface area contributed by atoms with Crippen LogP contribution in [0.3, 0.4) is 0 Å². The van der Waals surface area contributed by atoms with Crippen molar-refractivity contribution in [3.8, 4) is 0 Å². The van der Waals surface area contributed by atoms with Crippen LogP contribution < -0.4 is 5.32 Å². The molecule has 0 radical (unpaired) electrons. The maximum absolute atomic E-state index is 6.23. The molecule has 0 spiro atoms. The second-order valence-electron chi connectivity index (χ2n) is 5.08. The summed E-state index contributed by atoms with van der Waals surface area (Å²) in [6.07, 6.45) is 0.178. The maximum atomic E-state index is 6.23. The lowest BCUT2D eigenvalue weighted by Gasteiger charge is -2.36. The molecule has 0 amide bonds. The zero-order valence-corrected chi connectivity index (χ0v) is 12.7. The van der Waals surface area contributed by atoms with Crippen LogP contribution in [0.1, 0.15) is 24.1 Å². The minimum Gasteiger partial charge on any atom is -0.374 e. The number of hydrogen-bond donors (Lipinski definition) is 1. The molecular weight excluding hydrogens is 260 g/mol. The summed E-state index contributed by atoms with van der Waals surface area (Å²) >= 11 is 6.23. The second-order valence-corrected chi connectivity index (χ2v) is 5.48. The van der Waals surface area contributed by atoms with Crippen LogP contribution in [0.2, 0.25) is 5.02 Å². The van der Waals surface area contributed by atoms with Crippen LogP contribution in [0.5, 0.6) is 0 Å². The molecule has 0 saturated carbocycles. The molecule has 1 saturated heterocycles. The van der Waals surface area contributed by atoms with Crippen LogP contribution in [-0.4, -0.2) is 44.3 Å². The predicted octanol–water partition coefficient (Wildman–Crippen LogP) is 2.63. The number of nitrogens with one attached hydrogen (secondary N) is 1. The van der Waals surface area contributed by atoms with E-state index in [2.05, 4.69) is 29.3 Å².